The third-order valence-corrected chi connectivity index (χ3v) is 3.41. The number of aromatic amines is 1. The molecule has 1 fully saturated rings. The van der Waals surface area contributed by atoms with Gasteiger partial charge in [-0.2, -0.15) is 5.10 Å². The predicted molar refractivity (Wildman–Crippen MR) is 51.1 cm³/mol. The van der Waals surface area contributed by atoms with E-state index in [1.54, 1.807) is 6.20 Å². The van der Waals surface area contributed by atoms with Crippen LogP contribution in [0.2, 0.25) is 0 Å². The van der Waals surface area contributed by atoms with E-state index in [9.17, 15) is 4.79 Å². The van der Waals surface area contributed by atoms with Crippen molar-refractivity contribution in [3.8, 4) is 0 Å². The van der Waals surface area contributed by atoms with Gasteiger partial charge in [-0.25, -0.2) is 0 Å². The molecule has 2 aliphatic rings. The molecule has 74 valence electrons. The third-order valence-electron chi connectivity index (χ3n) is 3.41. The molecule has 1 aromatic rings. The summed E-state index contributed by atoms with van der Waals surface area (Å²) < 4.78 is 0. The van der Waals surface area contributed by atoms with Crippen LogP contribution in [0.25, 0.3) is 0 Å². The minimum absolute atomic E-state index is 0.189. The van der Waals surface area contributed by atoms with E-state index in [-0.39, 0.29) is 11.7 Å². The van der Waals surface area contributed by atoms with Crippen LogP contribution in [0, 0.1) is 11.8 Å². The molecule has 1 aromatic heterocycles. The summed E-state index contributed by atoms with van der Waals surface area (Å²) in [5.41, 5.74) is 1.85. The Morgan fingerprint density at radius 2 is 2.43 bits per heavy atom. The minimum Gasteiger partial charge on any atom is -0.316 e. The highest BCUT2D eigenvalue weighted by molar-refractivity contribution is 6.00. The van der Waals surface area contributed by atoms with Gasteiger partial charge in [0, 0.05) is 18.2 Å². The molecule has 1 aliphatic heterocycles. The van der Waals surface area contributed by atoms with Crippen molar-refractivity contribution in [1.29, 1.82) is 0 Å². The van der Waals surface area contributed by atoms with Gasteiger partial charge >= 0.3 is 0 Å². The van der Waals surface area contributed by atoms with Gasteiger partial charge in [-0.1, -0.05) is 0 Å². The number of nitrogens with zero attached hydrogens (tertiary/aromatic N) is 1. The lowest BCUT2D eigenvalue weighted by Gasteiger charge is -2.34. The molecule has 0 spiro atoms. The smallest absolute Gasteiger partial charge is 0.170 e. The van der Waals surface area contributed by atoms with E-state index in [4.69, 9.17) is 0 Å². The van der Waals surface area contributed by atoms with Gasteiger partial charge in [0.25, 0.3) is 0 Å². The number of nitrogens with one attached hydrogen (secondary N) is 2. The van der Waals surface area contributed by atoms with Crippen molar-refractivity contribution in [1.82, 2.24) is 15.5 Å². The lowest BCUT2D eigenvalue weighted by molar-refractivity contribution is 0.0818. The Morgan fingerprint density at radius 1 is 1.50 bits per heavy atom. The number of aromatic nitrogens is 2. The zero-order valence-electron chi connectivity index (χ0n) is 7.92. The Labute approximate surface area is 82.1 Å². The van der Waals surface area contributed by atoms with Gasteiger partial charge in [0.2, 0.25) is 0 Å². The first kappa shape index (κ1) is 8.17. The molecule has 0 radical (unpaired) electrons. The molecule has 1 saturated heterocycles. The molecule has 2 heterocycles. The quantitative estimate of drug-likeness (QED) is 0.623. The molecule has 1 aliphatic carbocycles. The summed E-state index contributed by atoms with van der Waals surface area (Å²) in [6.45, 7) is 1.88. The van der Waals surface area contributed by atoms with E-state index in [2.05, 4.69) is 15.5 Å². The fraction of sp³-hybridized carbons (Fsp3) is 0.600. The van der Waals surface area contributed by atoms with Gasteiger partial charge in [0.15, 0.2) is 5.78 Å². The number of hydrogen-bond donors (Lipinski definition) is 2. The third kappa shape index (κ3) is 1.04. The van der Waals surface area contributed by atoms with Gasteiger partial charge in [-0.15, -0.1) is 0 Å². The van der Waals surface area contributed by atoms with Crippen molar-refractivity contribution >= 4 is 5.78 Å². The molecule has 2 N–H and O–H groups in total. The lowest BCUT2D eigenvalue weighted by atomic mass is 9.74. The second kappa shape index (κ2) is 2.92. The topological polar surface area (TPSA) is 57.8 Å². The van der Waals surface area contributed by atoms with Gasteiger partial charge < -0.3 is 5.32 Å². The zero-order valence-corrected chi connectivity index (χ0v) is 7.92. The highest BCUT2D eigenvalue weighted by atomic mass is 16.1. The number of ketones is 1. The van der Waals surface area contributed by atoms with Crippen LogP contribution < -0.4 is 5.32 Å². The molecule has 0 aromatic carbocycles. The second-order valence-electron chi connectivity index (χ2n) is 4.19. The fourth-order valence-corrected chi connectivity index (χ4v) is 2.61. The Hall–Kier alpha value is -1.16. The van der Waals surface area contributed by atoms with Crippen molar-refractivity contribution in [2.45, 2.75) is 12.8 Å². The van der Waals surface area contributed by atoms with Crippen molar-refractivity contribution in [3.63, 3.8) is 0 Å². The molecule has 0 saturated carbocycles. The van der Waals surface area contributed by atoms with Crippen molar-refractivity contribution in [2.75, 3.05) is 13.1 Å². The van der Waals surface area contributed by atoms with Crippen LogP contribution in [0.1, 0.15) is 22.5 Å². The molecule has 14 heavy (non-hydrogen) atoms. The maximum absolute atomic E-state index is 12.0. The van der Waals surface area contributed by atoms with Gasteiger partial charge in [0.1, 0.15) is 0 Å². The summed E-state index contributed by atoms with van der Waals surface area (Å²) in [7, 11) is 0. The number of piperidine rings is 1. The summed E-state index contributed by atoms with van der Waals surface area (Å²) in [5.74, 6) is 0.989. The molecule has 3 rings (SSSR count). The zero-order chi connectivity index (χ0) is 9.54. The number of carbonyl (C=O) groups is 1. The van der Waals surface area contributed by atoms with E-state index in [1.807, 2.05) is 0 Å². The SMILES string of the molecule is O=C1c2cn[nH]c2CC2CCNCC12. The van der Waals surface area contributed by atoms with Crippen LogP contribution >= 0.6 is 0 Å². The van der Waals surface area contributed by atoms with Crippen LogP contribution in [-0.4, -0.2) is 29.1 Å². The lowest BCUT2D eigenvalue weighted by Crippen LogP contribution is -2.44. The first-order chi connectivity index (χ1) is 6.86. The van der Waals surface area contributed by atoms with E-state index in [0.717, 1.165) is 37.2 Å². The van der Waals surface area contributed by atoms with E-state index in [0.29, 0.717) is 5.92 Å². The summed E-state index contributed by atoms with van der Waals surface area (Å²) in [4.78, 5) is 12.0. The van der Waals surface area contributed by atoms with Crippen LogP contribution in [-0.2, 0) is 6.42 Å². The molecule has 2 unspecified atom stereocenters. The number of rotatable bonds is 0. The summed E-state index contributed by atoms with van der Waals surface area (Å²) >= 11 is 0. The number of hydrogen-bond acceptors (Lipinski definition) is 3. The van der Waals surface area contributed by atoms with E-state index in [1.165, 1.54) is 0 Å². The van der Waals surface area contributed by atoms with Crippen LogP contribution in [0.15, 0.2) is 6.20 Å². The Kier molecular flexibility index (Phi) is 1.70. The molecular formula is C10H13N3O. The highest BCUT2D eigenvalue weighted by Gasteiger charge is 2.37. The molecule has 2 atom stereocenters. The van der Waals surface area contributed by atoms with Crippen LogP contribution in [0.5, 0.6) is 0 Å². The number of fused-ring (bicyclic) bond motifs is 2. The van der Waals surface area contributed by atoms with Crippen LogP contribution in [0.4, 0.5) is 0 Å². The Balaban J connectivity index is 2.00. The van der Waals surface area contributed by atoms with E-state index < -0.39 is 0 Å². The Morgan fingerprint density at radius 3 is 3.36 bits per heavy atom. The largest absolute Gasteiger partial charge is 0.316 e. The maximum atomic E-state index is 12.0. The highest BCUT2D eigenvalue weighted by Crippen LogP contribution is 2.32. The standard InChI is InChI=1S/C10H13N3O/c14-10-7-4-11-2-1-6(7)3-9-8(10)5-12-13-9/h5-7,11H,1-4H2,(H,12,13). The molecule has 4 heteroatoms. The monoisotopic (exact) mass is 191 g/mol. The molecule has 0 amide bonds. The molecule has 0 bridgehead atoms. The molecule has 4 nitrogen and oxygen atoms in total. The summed E-state index contributed by atoms with van der Waals surface area (Å²) in [5, 5.41) is 10.2. The predicted octanol–water partition coefficient (Wildman–Crippen LogP) is 0.374. The first-order valence-corrected chi connectivity index (χ1v) is 5.13. The van der Waals surface area contributed by atoms with Crippen molar-refractivity contribution in [3.05, 3.63) is 17.5 Å². The number of Topliss-reactive ketones (excluding diaryl/α,β-unsaturated/α-hetero) is 1. The number of H-pyrrole nitrogens is 1. The van der Waals surface area contributed by atoms with Gasteiger partial charge in [-0.05, 0) is 25.3 Å². The summed E-state index contributed by atoms with van der Waals surface area (Å²) in [6.07, 6.45) is 3.77. The minimum atomic E-state index is 0.189. The van der Waals surface area contributed by atoms with Crippen LogP contribution in [0.3, 0.4) is 0 Å². The molecular weight excluding hydrogens is 178 g/mol. The normalized spacial score (nSPS) is 31.0. The summed E-state index contributed by atoms with van der Waals surface area (Å²) in [6, 6.07) is 0. The fourth-order valence-electron chi connectivity index (χ4n) is 2.61. The van der Waals surface area contributed by atoms with Crippen molar-refractivity contribution in [2.24, 2.45) is 11.8 Å². The number of carbonyl (C=O) groups excluding carboxylic acids is 1. The first-order valence-electron chi connectivity index (χ1n) is 5.13. The average Bonchev–Trinajstić information content (AvgIpc) is 2.66. The van der Waals surface area contributed by atoms with Gasteiger partial charge in [-0.3, -0.25) is 9.89 Å². The van der Waals surface area contributed by atoms with Crippen molar-refractivity contribution < 1.29 is 4.79 Å². The average molecular weight is 191 g/mol. The van der Waals surface area contributed by atoms with E-state index >= 15 is 0 Å². The Bertz CT molecular complexity index is 371. The van der Waals surface area contributed by atoms with Gasteiger partial charge in [0.05, 0.1) is 11.8 Å². The maximum Gasteiger partial charge on any atom is 0.170 e. The second-order valence-corrected chi connectivity index (χ2v) is 4.19.